The van der Waals surface area contributed by atoms with Crippen LogP contribution < -0.4 is 0 Å². The Labute approximate surface area is 132 Å². The van der Waals surface area contributed by atoms with E-state index in [1.54, 1.807) is 6.20 Å². The SMILES string of the molecule is Cn1nccc1CCN1CCCC(c2ncc(C(F)(F)F)[nH]2)C1. The van der Waals surface area contributed by atoms with Crippen LogP contribution >= 0.6 is 0 Å². The van der Waals surface area contributed by atoms with E-state index in [-0.39, 0.29) is 5.92 Å². The van der Waals surface area contributed by atoms with Crippen LogP contribution in [0.4, 0.5) is 13.2 Å². The number of H-pyrrole nitrogens is 1. The molecular formula is C15H20F3N5. The van der Waals surface area contributed by atoms with Crippen LogP contribution in [0.15, 0.2) is 18.5 Å². The standard InChI is InChI=1S/C15H20F3N5/c1-22-12(4-6-20-22)5-8-23-7-2-3-11(10-23)14-19-9-13(21-14)15(16,17)18/h4,6,9,11H,2-3,5,7-8,10H2,1H3,(H,19,21). The average molecular weight is 327 g/mol. The van der Waals surface area contributed by atoms with Gasteiger partial charge in [0, 0.05) is 44.4 Å². The highest BCUT2D eigenvalue weighted by atomic mass is 19.4. The van der Waals surface area contributed by atoms with Crippen molar-refractivity contribution in [2.75, 3.05) is 19.6 Å². The fourth-order valence-corrected chi connectivity index (χ4v) is 3.09. The van der Waals surface area contributed by atoms with Gasteiger partial charge in [0.25, 0.3) is 0 Å². The molecule has 1 N–H and O–H groups in total. The lowest BCUT2D eigenvalue weighted by atomic mass is 9.97. The van der Waals surface area contributed by atoms with Crippen LogP contribution in [0.3, 0.4) is 0 Å². The molecule has 0 radical (unpaired) electrons. The van der Waals surface area contributed by atoms with Crippen molar-refractivity contribution in [3.63, 3.8) is 0 Å². The largest absolute Gasteiger partial charge is 0.432 e. The smallest absolute Gasteiger partial charge is 0.338 e. The number of imidazole rings is 1. The van der Waals surface area contributed by atoms with E-state index in [1.165, 1.54) is 0 Å². The molecule has 2 aromatic heterocycles. The number of likely N-dealkylation sites (tertiary alicyclic amines) is 1. The molecule has 3 heterocycles. The summed E-state index contributed by atoms with van der Waals surface area (Å²) in [5.74, 6) is 0.481. The predicted octanol–water partition coefficient (Wildman–Crippen LogP) is 2.58. The quantitative estimate of drug-likeness (QED) is 0.939. The summed E-state index contributed by atoms with van der Waals surface area (Å²) in [5.41, 5.74) is 0.393. The lowest BCUT2D eigenvalue weighted by Crippen LogP contribution is -2.36. The number of alkyl halides is 3. The van der Waals surface area contributed by atoms with Gasteiger partial charge in [-0.2, -0.15) is 18.3 Å². The van der Waals surface area contributed by atoms with Crippen LogP contribution in [0, 0.1) is 0 Å². The van der Waals surface area contributed by atoms with Gasteiger partial charge in [-0.1, -0.05) is 0 Å². The van der Waals surface area contributed by atoms with Crippen LogP contribution in [0.5, 0.6) is 0 Å². The first-order valence-corrected chi connectivity index (χ1v) is 7.75. The Morgan fingerprint density at radius 2 is 2.22 bits per heavy atom. The second kappa shape index (κ2) is 6.35. The van der Waals surface area contributed by atoms with Gasteiger partial charge in [-0.05, 0) is 25.5 Å². The number of aryl methyl sites for hydroxylation is 1. The maximum atomic E-state index is 12.7. The minimum absolute atomic E-state index is 0.0337. The van der Waals surface area contributed by atoms with Crippen LogP contribution in [-0.4, -0.2) is 44.3 Å². The van der Waals surface area contributed by atoms with Crippen molar-refractivity contribution in [3.8, 4) is 0 Å². The molecule has 8 heteroatoms. The molecule has 1 fully saturated rings. The number of piperidine rings is 1. The van der Waals surface area contributed by atoms with Gasteiger partial charge in [-0.25, -0.2) is 4.98 Å². The van der Waals surface area contributed by atoms with Gasteiger partial charge >= 0.3 is 6.18 Å². The Morgan fingerprint density at radius 3 is 2.87 bits per heavy atom. The summed E-state index contributed by atoms with van der Waals surface area (Å²) in [7, 11) is 1.91. The van der Waals surface area contributed by atoms with Crippen molar-refractivity contribution in [2.45, 2.75) is 31.4 Å². The van der Waals surface area contributed by atoms with Gasteiger partial charge in [-0.3, -0.25) is 4.68 Å². The minimum Gasteiger partial charge on any atom is -0.338 e. The van der Waals surface area contributed by atoms with Crippen LogP contribution in [0.25, 0.3) is 0 Å². The van der Waals surface area contributed by atoms with E-state index >= 15 is 0 Å². The summed E-state index contributed by atoms with van der Waals surface area (Å²) in [6.07, 6.45) is 1.03. The first-order valence-electron chi connectivity index (χ1n) is 7.75. The minimum atomic E-state index is -4.36. The van der Waals surface area contributed by atoms with Gasteiger partial charge in [0.15, 0.2) is 0 Å². The summed E-state index contributed by atoms with van der Waals surface area (Å²) in [5, 5.41) is 4.15. The maximum Gasteiger partial charge on any atom is 0.432 e. The lowest BCUT2D eigenvalue weighted by Gasteiger charge is -2.31. The number of aromatic amines is 1. The molecule has 1 aliphatic rings. The number of hydrogen-bond acceptors (Lipinski definition) is 3. The van der Waals surface area contributed by atoms with Crippen LogP contribution in [-0.2, 0) is 19.6 Å². The number of rotatable bonds is 4. The van der Waals surface area contributed by atoms with Gasteiger partial charge in [0.05, 0.1) is 6.20 Å². The van der Waals surface area contributed by atoms with Crippen molar-refractivity contribution in [1.29, 1.82) is 0 Å². The third-order valence-corrected chi connectivity index (χ3v) is 4.40. The highest BCUT2D eigenvalue weighted by molar-refractivity contribution is 5.10. The summed E-state index contributed by atoms with van der Waals surface area (Å²) in [6.45, 7) is 2.59. The molecule has 0 bridgehead atoms. The summed E-state index contributed by atoms with van der Waals surface area (Å²) >= 11 is 0. The van der Waals surface area contributed by atoms with Crippen LogP contribution in [0.1, 0.15) is 36.0 Å². The molecule has 23 heavy (non-hydrogen) atoms. The number of hydrogen-bond donors (Lipinski definition) is 1. The summed E-state index contributed by atoms with van der Waals surface area (Å²) in [4.78, 5) is 8.68. The van der Waals surface area contributed by atoms with E-state index in [2.05, 4.69) is 20.0 Å². The number of nitrogens with one attached hydrogen (secondary N) is 1. The van der Waals surface area contributed by atoms with Gasteiger partial charge in [-0.15, -0.1) is 0 Å². The van der Waals surface area contributed by atoms with Crippen molar-refractivity contribution in [3.05, 3.63) is 35.7 Å². The summed E-state index contributed by atoms with van der Waals surface area (Å²) < 4.78 is 39.9. The number of aromatic nitrogens is 4. The van der Waals surface area contributed by atoms with E-state index in [0.717, 1.165) is 50.8 Å². The molecule has 0 amide bonds. The molecule has 0 aliphatic carbocycles. The third-order valence-electron chi connectivity index (χ3n) is 4.40. The molecule has 0 spiro atoms. The van der Waals surface area contributed by atoms with E-state index in [9.17, 15) is 13.2 Å². The Bertz CT molecular complexity index is 646. The Kier molecular flexibility index (Phi) is 4.43. The Morgan fingerprint density at radius 1 is 1.39 bits per heavy atom. The molecule has 3 rings (SSSR count). The van der Waals surface area contributed by atoms with Gasteiger partial charge < -0.3 is 9.88 Å². The van der Waals surface area contributed by atoms with Crippen LogP contribution in [0.2, 0.25) is 0 Å². The first-order chi connectivity index (χ1) is 10.9. The topological polar surface area (TPSA) is 49.7 Å². The number of halogens is 3. The maximum absolute atomic E-state index is 12.7. The number of nitrogens with zero attached hydrogens (tertiary/aromatic N) is 4. The third kappa shape index (κ3) is 3.74. The first kappa shape index (κ1) is 16.0. The average Bonchev–Trinajstić information content (AvgIpc) is 3.14. The highest BCUT2D eigenvalue weighted by Gasteiger charge is 2.34. The molecule has 5 nitrogen and oxygen atoms in total. The zero-order valence-corrected chi connectivity index (χ0v) is 13.0. The van der Waals surface area contributed by atoms with Crippen molar-refractivity contribution < 1.29 is 13.2 Å². The van der Waals surface area contributed by atoms with Gasteiger partial charge in [0.1, 0.15) is 11.5 Å². The van der Waals surface area contributed by atoms with Crippen molar-refractivity contribution in [1.82, 2.24) is 24.6 Å². The fourth-order valence-electron chi connectivity index (χ4n) is 3.09. The van der Waals surface area contributed by atoms with E-state index < -0.39 is 11.9 Å². The second-order valence-corrected chi connectivity index (χ2v) is 6.02. The Hall–Kier alpha value is -1.83. The predicted molar refractivity (Wildman–Crippen MR) is 78.9 cm³/mol. The monoisotopic (exact) mass is 327 g/mol. The van der Waals surface area contributed by atoms with E-state index in [0.29, 0.717) is 5.82 Å². The lowest BCUT2D eigenvalue weighted by molar-refractivity contribution is -0.141. The molecule has 0 saturated carbocycles. The molecule has 2 aromatic rings. The van der Waals surface area contributed by atoms with Crippen molar-refractivity contribution >= 4 is 0 Å². The normalized spacial score (nSPS) is 20.1. The second-order valence-electron chi connectivity index (χ2n) is 6.02. The molecule has 126 valence electrons. The van der Waals surface area contributed by atoms with Gasteiger partial charge in [0.2, 0.25) is 0 Å². The van der Waals surface area contributed by atoms with E-state index in [4.69, 9.17) is 0 Å². The molecule has 1 aliphatic heterocycles. The molecule has 0 aromatic carbocycles. The molecular weight excluding hydrogens is 307 g/mol. The fraction of sp³-hybridized carbons (Fsp3) is 0.600. The highest BCUT2D eigenvalue weighted by Crippen LogP contribution is 2.30. The Balaban J connectivity index is 1.60. The van der Waals surface area contributed by atoms with Crippen molar-refractivity contribution in [2.24, 2.45) is 7.05 Å². The summed E-state index contributed by atoms with van der Waals surface area (Å²) in [6, 6.07) is 1.99. The molecule has 1 saturated heterocycles. The van der Waals surface area contributed by atoms with E-state index in [1.807, 2.05) is 17.8 Å². The zero-order valence-electron chi connectivity index (χ0n) is 13.0. The zero-order chi connectivity index (χ0) is 16.4. The molecule has 1 unspecified atom stereocenters. The molecule has 1 atom stereocenters.